The molecule has 0 atom stereocenters. The van der Waals surface area contributed by atoms with E-state index < -0.39 is 17.3 Å². The van der Waals surface area contributed by atoms with Gasteiger partial charge in [0.2, 0.25) is 5.56 Å². The zero-order chi connectivity index (χ0) is 13.3. The van der Waals surface area contributed by atoms with Gasteiger partial charge in [0.1, 0.15) is 0 Å². The van der Waals surface area contributed by atoms with E-state index in [1.807, 2.05) is 0 Å². The topological polar surface area (TPSA) is 45.8 Å². The number of aromatic nitrogens is 2. The van der Waals surface area contributed by atoms with Crippen LogP contribution in [0.2, 0.25) is 0 Å². The molecule has 0 fully saturated rings. The molecule has 0 saturated carbocycles. The zero-order valence-corrected chi connectivity index (χ0v) is 9.38. The molecule has 0 aliphatic heterocycles. The Morgan fingerprint density at radius 2 is 2.00 bits per heavy atom. The first-order valence-corrected chi connectivity index (χ1v) is 5.10. The third-order valence-corrected chi connectivity index (χ3v) is 2.48. The average Bonchev–Trinajstić information content (AvgIpc) is 2.27. The summed E-state index contributed by atoms with van der Waals surface area (Å²) in [5, 5.41) is 0. The summed E-state index contributed by atoms with van der Waals surface area (Å²) in [4.78, 5) is 17.5. The number of nitrogens with one attached hydrogen (secondary N) is 1. The molecule has 2 heterocycles. The number of hydrogen-bond acceptors (Lipinski definition) is 2. The van der Waals surface area contributed by atoms with Crippen LogP contribution in [0.25, 0.3) is 11.3 Å². The molecule has 0 amide bonds. The fourth-order valence-corrected chi connectivity index (χ4v) is 1.63. The average molecular weight is 254 g/mol. The minimum absolute atomic E-state index is 0.134. The van der Waals surface area contributed by atoms with Crippen LogP contribution in [0.3, 0.4) is 0 Å². The van der Waals surface area contributed by atoms with Gasteiger partial charge in [0.25, 0.3) is 0 Å². The number of rotatable bonds is 1. The number of nitrogens with zero attached hydrogens (tertiary/aromatic N) is 1. The van der Waals surface area contributed by atoms with Crippen LogP contribution in [0.15, 0.2) is 35.4 Å². The highest BCUT2D eigenvalue weighted by molar-refractivity contribution is 5.63. The first-order valence-electron chi connectivity index (χ1n) is 5.10. The maximum atomic E-state index is 12.6. The molecule has 2 aromatic rings. The van der Waals surface area contributed by atoms with Crippen molar-refractivity contribution in [2.45, 2.75) is 13.1 Å². The van der Waals surface area contributed by atoms with Gasteiger partial charge in [-0.25, -0.2) is 0 Å². The van der Waals surface area contributed by atoms with Crippen LogP contribution in [0.4, 0.5) is 13.2 Å². The fraction of sp³-hybridized carbons (Fsp3) is 0.167. The van der Waals surface area contributed by atoms with Crippen molar-refractivity contribution >= 4 is 0 Å². The summed E-state index contributed by atoms with van der Waals surface area (Å²) in [6, 6.07) is 3.02. The minimum Gasteiger partial charge on any atom is -0.322 e. The summed E-state index contributed by atoms with van der Waals surface area (Å²) in [6.45, 7) is 1.71. The van der Waals surface area contributed by atoms with Gasteiger partial charge in [-0.1, -0.05) is 0 Å². The van der Waals surface area contributed by atoms with Gasteiger partial charge in [0, 0.05) is 29.7 Å². The number of halogens is 3. The number of aryl methyl sites for hydroxylation is 1. The smallest absolute Gasteiger partial charge is 0.322 e. The van der Waals surface area contributed by atoms with Crippen molar-refractivity contribution in [3.63, 3.8) is 0 Å². The summed E-state index contributed by atoms with van der Waals surface area (Å²) < 4.78 is 37.8. The zero-order valence-electron chi connectivity index (χ0n) is 9.38. The Bertz CT molecular complexity index is 632. The first-order chi connectivity index (χ1) is 8.38. The molecule has 0 radical (unpaired) electrons. The monoisotopic (exact) mass is 254 g/mol. The van der Waals surface area contributed by atoms with E-state index in [1.165, 1.54) is 12.4 Å². The van der Waals surface area contributed by atoms with E-state index in [0.29, 0.717) is 17.2 Å². The van der Waals surface area contributed by atoms with Gasteiger partial charge in [0.05, 0.1) is 5.56 Å². The normalized spacial score (nSPS) is 11.6. The van der Waals surface area contributed by atoms with Crippen molar-refractivity contribution in [1.29, 1.82) is 0 Å². The summed E-state index contributed by atoms with van der Waals surface area (Å²) in [6.07, 6.45) is -1.56. The van der Waals surface area contributed by atoms with Crippen LogP contribution in [-0.2, 0) is 6.18 Å². The van der Waals surface area contributed by atoms with Crippen molar-refractivity contribution < 1.29 is 13.2 Å². The van der Waals surface area contributed by atoms with Gasteiger partial charge in [-0.3, -0.25) is 9.78 Å². The minimum atomic E-state index is -4.54. The molecule has 1 N–H and O–H groups in total. The van der Waals surface area contributed by atoms with E-state index >= 15 is 0 Å². The van der Waals surface area contributed by atoms with Crippen molar-refractivity contribution in [3.05, 3.63) is 52.1 Å². The van der Waals surface area contributed by atoms with Crippen LogP contribution >= 0.6 is 0 Å². The first kappa shape index (κ1) is 12.3. The van der Waals surface area contributed by atoms with E-state index in [-0.39, 0.29) is 5.69 Å². The van der Waals surface area contributed by atoms with E-state index in [2.05, 4.69) is 9.97 Å². The second-order valence-corrected chi connectivity index (χ2v) is 3.84. The van der Waals surface area contributed by atoms with Crippen LogP contribution in [-0.4, -0.2) is 9.97 Å². The Balaban J connectivity index is 2.63. The number of H-pyrrole nitrogens is 1. The highest BCUT2D eigenvalue weighted by atomic mass is 19.4. The molecule has 0 aromatic carbocycles. The molecule has 18 heavy (non-hydrogen) atoms. The second-order valence-electron chi connectivity index (χ2n) is 3.84. The largest absolute Gasteiger partial charge is 0.416 e. The Labute approximate surface area is 100 Å². The maximum absolute atomic E-state index is 12.6. The van der Waals surface area contributed by atoms with Gasteiger partial charge in [-0.2, -0.15) is 13.2 Å². The molecule has 0 spiro atoms. The predicted molar refractivity (Wildman–Crippen MR) is 60.0 cm³/mol. The number of pyridine rings is 2. The highest BCUT2D eigenvalue weighted by Gasteiger charge is 2.31. The molecule has 6 heteroatoms. The molecule has 0 bridgehead atoms. The van der Waals surface area contributed by atoms with Crippen molar-refractivity contribution in [2.75, 3.05) is 0 Å². The third-order valence-electron chi connectivity index (χ3n) is 2.48. The van der Waals surface area contributed by atoms with Gasteiger partial charge in [-0.05, 0) is 24.6 Å². The Kier molecular flexibility index (Phi) is 2.94. The predicted octanol–water partition coefficient (Wildman–Crippen LogP) is 2.76. The molecule has 0 aliphatic carbocycles. The van der Waals surface area contributed by atoms with Gasteiger partial charge < -0.3 is 4.98 Å². The SMILES string of the molecule is Cc1cnccc1-c1cc(C(F)(F)F)cc(=O)[nH]1. The Morgan fingerprint density at radius 1 is 1.28 bits per heavy atom. The fourth-order valence-electron chi connectivity index (χ4n) is 1.63. The number of alkyl halides is 3. The second kappa shape index (κ2) is 4.29. The number of aromatic amines is 1. The van der Waals surface area contributed by atoms with E-state index in [9.17, 15) is 18.0 Å². The molecule has 0 saturated heterocycles. The molecule has 3 nitrogen and oxygen atoms in total. The summed E-state index contributed by atoms with van der Waals surface area (Å²) in [5.41, 5.74) is -0.399. The molecule has 2 rings (SSSR count). The highest BCUT2D eigenvalue weighted by Crippen LogP contribution is 2.30. The quantitative estimate of drug-likeness (QED) is 0.850. The van der Waals surface area contributed by atoms with Gasteiger partial charge >= 0.3 is 6.18 Å². The lowest BCUT2D eigenvalue weighted by Gasteiger charge is -2.09. The van der Waals surface area contributed by atoms with Crippen LogP contribution in [0, 0.1) is 6.92 Å². The Hall–Kier alpha value is -2.11. The van der Waals surface area contributed by atoms with E-state index in [1.54, 1.807) is 13.0 Å². The molecule has 0 aliphatic rings. The molecule has 94 valence electrons. The summed E-state index contributed by atoms with van der Waals surface area (Å²) >= 11 is 0. The number of hydrogen-bond donors (Lipinski definition) is 1. The lowest BCUT2D eigenvalue weighted by Crippen LogP contribution is -2.14. The van der Waals surface area contributed by atoms with Crippen molar-refractivity contribution in [3.8, 4) is 11.3 Å². The van der Waals surface area contributed by atoms with Crippen LogP contribution in [0.1, 0.15) is 11.1 Å². The molecular formula is C12H9F3N2O. The summed E-state index contributed by atoms with van der Waals surface area (Å²) in [7, 11) is 0. The standard InChI is InChI=1S/C12H9F3N2O/c1-7-6-16-3-2-9(7)10-4-8(12(13,14)15)5-11(18)17-10/h2-6H,1H3,(H,17,18). The van der Waals surface area contributed by atoms with Gasteiger partial charge in [0.15, 0.2) is 0 Å². The lowest BCUT2D eigenvalue weighted by atomic mass is 10.1. The van der Waals surface area contributed by atoms with E-state index in [0.717, 1.165) is 6.07 Å². The van der Waals surface area contributed by atoms with Crippen molar-refractivity contribution in [1.82, 2.24) is 9.97 Å². The maximum Gasteiger partial charge on any atom is 0.416 e. The van der Waals surface area contributed by atoms with Crippen LogP contribution in [0.5, 0.6) is 0 Å². The molecule has 0 unspecified atom stereocenters. The summed E-state index contributed by atoms with van der Waals surface area (Å²) in [5.74, 6) is 0. The molecular weight excluding hydrogens is 245 g/mol. The van der Waals surface area contributed by atoms with Gasteiger partial charge in [-0.15, -0.1) is 0 Å². The van der Waals surface area contributed by atoms with Crippen LogP contribution < -0.4 is 5.56 Å². The Morgan fingerprint density at radius 3 is 2.61 bits per heavy atom. The van der Waals surface area contributed by atoms with E-state index in [4.69, 9.17) is 0 Å². The lowest BCUT2D eigenvalue weighted by molar-refractivity contribution is -0.137. The van der Waals surface area contributed by atoms with Crippen molar-refractivity contribution in [2.24, 2.45) is 0 Å². The molecule has 2 aromatic heterocycles. The third kappa shape index (κ3) is 2.42.